The number of nitrogens with zero attached hydrogens (tertiary/aromatic N) is 1. The fraction of sp³-hybridized carbons (Fsp3) is 0.0870. The summed E-state index contributed by atoms with van der Waals surface area (Å²) in [6.45, 7) is 6.01. The zero-order valence-electron chi connectivity index (χ0n) is 15.8. The van der Waals surface area contributed by atoms with Gasteiger partial charge in [0, 0.05) is 23.0 Å². The van der Waals surface area contributed by atoms with E-state index >= 15 is 0 Å². The highest BCUT2D eigenvalue weighted by molar-refractivity contribution is 7.77. The Labute approximate surface area is 171 Å². The van der Waals surface area contributed by atoms with Crippen molar-refractivity contribution in [2.45, 2.75) is 13.3 Å². The molecule has 3 nitrogen and oxygen atoms in total. The average Bonchev–Trinajstić information content (AvgIpc) is 2.74. The van der Waals surface area contributed by atoms with Gasteiger partial charge < -0.3 is 5.73 Å². The SMILES string of the molecule is C=C(c1ccc(C/C(=C/C)c2ccccc2N)cc1)c1ncccc1F.NS. The highest BCUT2D eigenvalue weighted by Crippen LogP contribution is 2.26. The molecule has 0 bridgehead atoms. The van der Waals surface area contributed by atoms with Crippen LogP contribution in [-0.4, -0.2) is 4.98 Å². The molecule has 144 valence electrons. The summed E-state index contributed by atoms with van der Waals surface area (Å²) in [6, 6.07) is 18.8. The predicted molar refractivity (Wildman–Crippen MR) is 120 cm³/mol. The maximum Gasteiger partial charge on any atom is 0.149 e. The van der Waals surface area contributed by atoms with Crippen molar-refractivity contribution in [1.82, 2.24) is 4.98 Å². The summed E-state index contributed by atoms with van der Waals surface area (Å²) in [5.41, 5.74) is 12.0. The van der Waals surface area contributed by atoms with Gasteiger partial charge in [-0.1, -0.05) is 55.1 Å². The second kappa shape index (κ2) is 10.4. The maximum absolute atomic E-state index is 13.9. The summed E-state index contributed by atoms with van der Waals surface area (Å²) >= 11 is 3.03. The number of hydrogen-bond acceptors (Lipinski definition) is 4. The Hall–Kier alpha value is -2.89. The molecule has 0 unspecified atom stereocenters. The van der Waals surface area contributed by atoms with Crippen LogP contribution in [0.5, 0.6) is 0 Å². The minimum atomic E-state index is -0.364. The number of allylic oxidation sites excluding steroid dienone is 2. The second-order valence-corrected chi connectivity index (χ2v) is 6.09. The van der Waals surface area contributed by atoms with Crippen molar-refractivity contribution in [1.29, 1.82) is 0 Å². The van der Waals surface area contributed by atoms with E-state index in [-0.39, 0.29) is 11.5 Å². The molecule has 3 rings (SSSR count). The number of halogens is 1. The van der Waals surface area contributed by atoms with Crippen LogP contribution in [0.3, 0.4) is 0 Å². The van der Waals surface area contributed by atoms with Crippen molar-refractivity contribution < 1.29 is 4.39 Å². The van der Waals surface area contributed by atoms with E-state index in [9.17, 15) is 4.39 Å². The maximum atomic E-state index is 13.9. The molecular formula is C23H24FN3S. The number of para-hydroxylation sites is 1. The third-order valence-electron chi connectivity index (χ3n) is 4.40. The molecule has 3 aromatic rings. The summed E-state index contributed by atoms with van der Waals surface area (Å²) in [5.74, 6) is -0.364. The first-order valence-electron chi connectivity index (χ1n) is 8.75. The molecular weight excluding hydrogens is 369 g/mol. The van der Waals surface area contributed by atoms with Crippen molar-refractivity contribution in [2.75, 3.05) is 5.73 Å². The van der Waals surface area contributed by atoms with Crippen LogP contribution in [-0.2, 0) is 6.42 Å². The van der Waals surface area contributed by atoms with Gasteiger partial charge in [-0.2, -0.15) is 0 Å². The van der Waals surface area contributed by atoms with Crippen molar-refractivity contribution in [3.8, 4) is 0 Å². The molecule has 1 aromatic heterocycles. The zero-order valence-corrected chi connectivity index (χ0v) is 16.7. The lowest BCUT2D eigenvalue weighted by Gasteiger charge is -2.12. The van der Waals surface area contributed by atoms with E-state index in [4.69, 9.17) is 5.73 Å². The number of hydrogen-bond donors (Lipinski definition) is 3. The second-order valence-electron chi connectivity index (χ2n) is 6.09. The number of thiol groups is 1. The van der Waals surface area contributed by atoms with Gasteiger partial charge >= 0.3 is 0 Å². The van der Waals surface area contributed by atoms with Gasteiger partial charge in [-0.15, -0.1) is 12.8 Å². The first-order chi connectivity index (χ1) is 13.6. The van der Waals surface area contributed by atoms with E-state index in [0.29, 0.717) is 5.57 Å². The van der Waals surface area contributed by atoms with Crippen molar-refractivity contribution in [2.24, 2.45) is 5.14 Å². The molecule has 0 atom stereocenters. The Balaban J connectivity index is 0.00000136. The molecule has 2 aromatic carbocycles. The van der Waals surface area contributed by atoms with Gasteiger partial charge in [0.15, 0.2) is 0 Å². The van der Waals surface area contributed by atoms with Gasteiger partial charge in [-0.3, -0.25) is 10.1 Å². The summed E-state index contributed by atoms with van der Waals surface area (Å²) in [4.78, 5) is 4.09. The third-order valence-corrected chi connectivity index (χ3v) is 4.40. The Morgan fingerprint density at radius 2 is 1.75 bits per heavy atom. The fourth-order valence-electron chi connectivity index (χ4n) is 2.93. The first-order valence-corrected chi connectivity index (χ1v) is 9.26. The summed E-state index contributed by atoms with van der Waals surface area (Å²) in [5, 5.41) is 4.19. The molecule has 1 heterocycles. The molecule has 0 aliphatic carbocycles. The highest BCUT2D eigenvalue weighted by Gasteiger charge is 2.10. The monoisotopic (exact) mass is 393 g/mol. The predicted octanol–water partition coefficient (Wildman–Crippen LogP) is 5.30. The van der Waals surface area contributed by atoms with Gasteiger partial charge in [0.25, 0.3) is 0 Å². The Morgan fingerprint density at radius 1 is 1.07 bits per heavy atom. The quantitative estimate of drug-likeness (QED) is 0.407. The lowest BCUT2D eigenvalue weighted by Crippen LogP contribution is -1.97. The third kappa shape index (κ3) is 5.09. The molecule has 0 radical (unpaired) electrons. The lowest BCUT2D eigenvalue weighted by atomic mass is 9.95. The summed E-state index contributed by atoms with van der Waals surface area (Å²) in [6.07, 6.45) is 4.43. The fourth-order valence-corrected chi connectivity index (χ4v) is 2.93. The Kier molecular flexibility index (Phi) is 7.99. The topological polar surface area (TPSA) is 64.9 Å². The van der Waals surface area contributed by atoms with Crippen LogP contribution < -0.4 is 10.9 Å². The van der Waals surface area contributed by atoms with Gasteiger partial charge in [0.2, 0.25) is 0 Å². The normalized spacial score (nSPS) is 10.8. The van der Waals surface area contributed by atoms with E-state index in [1.54, 1.807) is 12.3 Å². The van der Waals surface area contributed by atoms with E-state index in [1.165, 1.54) is 11.6 Å². The lowest BCUT2D eigenvalue weighted by molar-refractivity contribution is 0.617. The molecule has 0 saturated heterocycles. The molecule has 0 spiro atoms. The van der Waals surface area contributed by atoms with Crippen molar-refractivity contribution >= 4 is 29.6 Å². The number of pyridine rings is 1. The molecule has 4 N–H and O–H groups in total. The number of nitrogens with two attached hydrogens (primary N) is 2. The minimum Gasteiger partial charge on any atom is -0.398 e. The molecule has 0 saturated carbocycles. The van der Waals surface area contributed by atoms with Gasteiger partial charge in [-0.05, 0) is 48.2 Å². The van der Waals surface area contributed by atoms with E-state index in [2.05, 4.69) is 35.6 Å². The van der Waals surface area contributed by atoms with Gasteiger partial charge in [0.1, 0.15) is 11.5 Å². The Bertz CT molecular complexity index is 966. The zero-order chi connectivity index (χ0) is 20.5. The molecule has 0 fully saturated rings. The standard InChI is InChI=1S/C23H21FN2.H3NS/c1-3-18(20-7-4-5-9-22(20)25)15-17-10-12-19(13-11-17)16(2)23-21(24)8-6-14-26-23;1-2/h3-14H,2,15,25H2,1H3;2H,1H2/b18-3-;. The number of nitrogen functional groups attached to an aromatic ring is 1. The summed E-state index contributed by atoms with van der Waals surface area (Å²) in [7, 11) is 0. The van der Waals surface area contributed by atoms with Crippen molar-refractivity contribution in [3.63, 3.8) is 0 Å². The molecule has 0 aliphatic heterocycles. The molecule has 28 heavy (non-hydrogen) atoms. The van der Waals surface area contributed by atoms with E-state index in [1.807, 2.05) is 55.5 Å². The van der Waals surface area contributed by atoms with Crippen LogP contribution in [0.1, 0.15) is 29.3 Å². The first kappa shape index (κ1) is 21.4. The van der Waals surface area contributed by atoms with Crippen LogP contribution in [0.4, 0.5) is 10.1 Å². The largest absolute Gasteiger partial charge is 0.398 e. The molecule has 5 heteroatoms. The number of benzene rings is 2. The molecule has 0 aliphatic rings. The highest BCUT2D eigenvalue weighted by atomic mass is 32.1. The van der Waals surface area contributed by atoms with Crippen LogP contribution in [0.2, 0.25) is 0 Å². The van der Waals surface area contributed by atoms with Gasteiger partial charge in [0.05, 0.1) is 0 Å². The average molecular weight is 394 g/mol. The summed E-state index contributed by atoms with van der Waals surface area (Å²) < 4.78 is 13.9. The van der Waals surface area contributed by atoms with Crippen LogP contribution >= 0.6 is 12.8 Å². The van der Waals surface area contributed by atoms with E-state index in [0.717, 1.165) is 28.8 Å². The molecule has 0 amide bonds. The number of anilines is 1. The van der Waals surface area contributed by atoms with Crippen LogP contribution in [0.25, 0.3) is 11.1 Å². The minimum absolute atomic E-state index is 0.284. The van der Waals surface area contributed by atoms with Crippen molar-refractivity contribution in [3.05, 3.63) is 108 Å². The smallest absolute Gasteiger partial charge is 0.149 e. The van der Waals surface area contributed by atoms with E-state index < -0.39 is 0 Å². The Morgan fingerprint density at radius 3 is 2.36 bits per heavy atom. The number of aromatic nitrogens is 1. The van der Waals surface area contributed by atoms with Gasteiger partial charge in [-0.25, -0.2) is 4.39 Å². The number of rotatable bonds is 5. The van der Waals surface area contributed by atoms with Crippen LogP contribution in [0, 0.1) is 5.82 Å². The van der Waals surface area contributed by atoms with Crippen LogP contribution in [0.15, 0.2) is 79.5 Å².